The molecule has 1 aromatic carbocycles. The summed E-state index contributed by atoms with van der Waals surface area (Å²) in [7, 11) is 5.45. The van der Waals surface area contributed by atoms with Crippen LogP contribution in [-0.4, -0.2) is 18.6 Å². The molecule has 1 fully saturated rings. The summed E-state index contributed by atoms with van der Waals surface area (Å²) in [4.78, 5) is 0. The van der Waals surface area contributed by atoms with Gasteiger partial charge >= 0.3 is 0 Å². The zero-order valence-electron chi connectivity index (χ0n) is 8.41. The normalized spacial score (nSPS) is 19.2. The van der Waals surface area contributed by atoms with Gasteiger partial charge in [-0.3, -0.25) is 0 Å². The van der Waals surface area contributed by atoms with Crippen LogP contribution in [0, 0.1) is 17.6 Å². The van der Waals surface area contributed by atoms with Crippen molar-refractivity contribution in [1.82, 2.24) is 0 Å². The average molecular weight is 225 g/mol. The summed E-state index contributed by atoms with van der Waals surface area (Å²) >= 11 is 0. The maximum atomic E-state index is 13.3. The van der Waals surface area contributed by atoms with E-state index in [1.807, 2.05) is 0 Å². The predicted octanol–water partition coefficient (Wildman–Crippen LogP) is 1.15. The molecule has 0 heterocycles. The van der Waals surface area contributed by atoms with Gasteiger partial charge in [-0.1, -0.05) is 0 Å². The molecule has 3 nitrogen and oxygen atoms in total. The van der Waals surface area contributed by atoms with Crippen molar-refractivity contribution in [3.8, 4) is 5.75 Å². The maximum absolute atomic E-state index is 13.3. The quantitative estimate of drug-likeness (QED) is 0.460. The molecule has 0 spiro atoms. The molecule has 0 bridgehead atoms. The summed E-state index contributed by atoms with van der Waals surface area (Å²) in [6, 6.07) is 1.52. The molecule has 1 aliphatic rings. The summed E-state index contributed by atoms with van der Waals surface area (Å²) in [6.07, 6.45) is 1.41. The average Bonchev–Trinajstić information content (AvgIpc) is 2.94. The van der Waals surface area contributed by atoms with Crippen molar-refractivity contribution < 1.29 is 18.6 Å². The Morgan fingerprint density at radius 2 is 2.06 bits per heavy atom. The predicted molar refractivity (Wildman–Crippen MR) is 54.8 cm³/mol. The molecule has 2 radical (unpaired) electrons. The summed E-state index contributed by atoms with van der Waals surface area (Å²) in [6.45, 7) is 0. The van der Waals surface area contributed by atoms with E-state index in [2.05, 4.69) is 0 Å². The summed E-state index contributed by atoms with van der Waals surface area (Å²) in [5.74, 6) is -2.45. The molecular formula is C10H10BF2NO2. The molecule has 0 aromatic heterocycles. The molecule has 2 rings (SSSR count). The first-order valence-corrected chi connectivity index (χ1v) is 4.85. The maximum Gasteiger partial charge on any atom is 0.180 e. The lowest BCUT2D eigenvalue weighted by atomic mass is 9.89. The van der Waals surface area contributed by atoms with E-state index < -0.39 is 23.1 Å². The van der Waals surface area contributed by atoms with Gasteiger partial charge in [0, 0.05) is 18.1 Å². The van der Waals surface area contributed by atoms with E-state index in [9.17, 15) is 13.9 Å². The highest BCUT2D eigenvalue weighted by atomic mass is 19.1. The zero-order valence-corrected chi connectivity index (χ0v) is 8.41. The molecule has 1 unspecified atom stereocenters. The number of nitrogens with two attached hydrogens (primary N) is 1. The Kier molecular flexibility index (Phi) is 2.54. The molecule has 1 aliphatic carbocycles. The van der Waals surface area contributed by atoms with Gasteiger partial charge in [0.1, 0.15) is 5.82 Å². The molecule has 3 N–H and O–H groups in total. The summed E-state index contributed by atoms with van der Waals surface area (Å²) in [5.41, 5.74) is 3.19. The lowest BCUT2D eigenvalue weighted by Crippen LogP contribution is -2.39. The minimum Gasteiger partial charge on any atom is -0.467 e. The second-order valence-corrected chi connectivity index (χ2v) is 3.93. The topological polar surface area (TPSA) is 55.5 Å². The minimum absolute atomic E-state index is 0.234. The Labute approximate surface area is 92.6 Å². The number of ether oxygens (including phenoxy) is 1. The highest BCUT2D eigenvalue weighted by Crippen LogP contribution is 2.40. The first kappa shape index (κ1) is 11.2. The highest BCUT2D eigenvalue weighted by Gasteiger charge is 2.42. The number of hydrogen-bond acceptors (Lipinski definition) is 3. The molecule has 6 heteroatoms. The van der Waals surface area contributed by atoms with E-state index in [1.165, 1.54) is 0 Å². The van der Waals surface area contributed by atoms with Crippen molar-refractivity contribution in [3.63, 3.8) is 0 Å². The van der Waals surface area contributed by atoms with Gasteiger partial charge in [0.25, 0.3) is 0 Å². The molecule has 1 atom stereocenters. The Bertz CT molecular complexity index is 398. The minimum atomic E-state index is -1.95. The zero-order chi connectivity index (χ0) is 11.9. The number of hydrogen-bond donors (Lipinski definition) is 2. The van der Waals surface area contributed by atoms with Crippen molar-refractivity contribution in [2.75, 3.05) is 5.73 Å². The van der Waals surface area contributed by atoms with Gasteiger partial charge in [0.15, 0.2) is 25.1 Å². The fourth-order valence-corrected chi connectivity index (χ4v) is 1.43. The van der Waals surface area contributed by atoms with Crippen LogP contribution < -0.4 is 10.5 Å². The van der Waals surface area contributed by atoms with E-state index in [1.54, 1.807) is 0 Å². The number of rotatable bonds is 3. The number of halogens is 2. The fraction of sp³-hybridized carbons (Fsp3) is 0.400. The molecule has 1 saturated carbocycles. The summed E-state index contributed by atoms with van der Waals surface area (Å²) in [5, 5.41) is 9.67. The van der Waals surface area contributed by atoms with E-state index in [0.717, 1.165) is 6.07 Å². The lowest BCUT2D eigenvalue weighted by Gasteiger charge is -2.26. The van der Waals surface area contributed by atoms with E-state index in [4.69, 9.17) is 18.3 Å². The van der Waals surface area contributed by atoms with Gasteiger partial charge in [-0.15, -0.1) is 0 Å². The number of anilines is 1. The first-order valence-electron chi connectivity index (χ1n) is 4.85. The lowest BCUT2D eigenvalue weighted by molar-refractivity contribution is -0.0806. The van der Waals surface area contributed by atoms with Gasteiger partial charge in [0.2, 0.25) is 0 Å². The molecule has 84 valence electrons. The standard InChI is InChI=1S/C10H10BF2NO2/c11-10(15,5-1-2-5)16-9-7(13)3-6(12)4-8(9)14/h3-5,15H,1-2,14H2. The van der Waals surface area contributed by atoms with Gasteiger partial charge in [-0.2, -0.15) is 0 Å². The van der Waals surface area contributed by atoms with Crippen LogP contribution in [0.1, 0.15) is 12.8 Å². The van der Waals surface area contributed by atoms with Crippen LogP contribution in [-0.2, 0) is 0 Å². The van der Waals surface area contributed by atoms with Gasteiger partial charge < -0.3 is 15.6 Å². The largest absolute Gasteiger partial charge is 0.467 e. The molecular weight excluding hydrogens is 215 g/mol. The molecule has 0 amide bonds. The molecule has 0 saturated heterocycles. The van der Waals surface area contributed by atoms with Crippen LogP contribution in [0.25, 0.3) is 0 Å². The van der Waals surface area contributed by atoms with Crippen molar-refractivity contribution in [2.24, 2.45) is 5.92 Å². The van der Waals surface area contributed by atoms with Gasteiger partial charge in [0.05, 0.1) is 5.69 Å². The van der Waals surface area contributed by atoms with Crippen molar-refractivity contribution >= 4 is 13.5 Å². The van der Waals surface area contributed by atoms with Crippen LogP contribution in [0.4, 0.5) is 14.5 Å². The highest BCUT2D eigenvalue weighted by molar-refractivity contribution is 6.13. The van der Waals surface area contributed by atoms with Crippen molar-refractivity contribution in [3.05, 3.63) is 23.8 Å². The van der Waals surface area contributed by atoms with Crippen LogP contribution in [0.3, 0.4) is 0 Å². The smallest absolute Gasteiger partial charge is 0.180 e. The van der Waals surface area contributed by atoms with Crippen LogP contribution in [0.15, 0.2) is 12.1 Å². The summed E-state index contributed by atoms with van der Waals surface area (Å²) < 4.78 is 31.0. The Balaban J connectivity index is 2.27. The van der Waals surface area contributed by atoms with Crippen molar-refractivity contribution in [1.29, 1.82) is 0 Å². The van der Waals surface area contributed by atoms with E-state index in [-0.39, 0.29) is 11.6 Å². The van der Waals surface area contributed by atoms with E-state index >= 15 is 0 Å². The SMILES string of the molecule is [B]C(O)(Oc1c(N)cc(F)cc1F)C1CC1. The van der Waals surface area contributed by atoms with E-state index in [0.29, 0.717) is 18.9 Å². The van der Waals surface area contributed by atoms with Gasteiger partial charge in [-0.25, -0.2) is 8.78 Å². The second kappa shape index (κ2) is 3.62. The van der Waals surface area contributed by atoms with Gasteiger partial charge in [-0.05, 0) is 12.8 Å². The molecule has 0 aliphatic heterocycles. The Morgan fingerprint density at radius 1 is 1.44 bits per heavy atom. The number of aliphatic hydroxyl groups is 1. The van der Waals surface area contributed by atoms with Crippen LogP contribution in [0.2, 0.25) is 0 Å². The van der Waals surface area contributed by atoms with Crippen molar-refractivity contribution in [2.45, 2.75) is 18.5 Å². The Hall–Kier alpha value is -1.30. The first-order chi connectivity index (χ1) is 7.40. The number of benzene rings is 1. The Morgan fingerprint density at radius 3 is 2.56 bits per heavy atom. The third kappa shape index (κ3) is 2.11. The van der Waals surface area contributed by atoms with Crippen LogP contribution >= 0.6 is 0 Å². The molecule has 1 aromatic rings. The fourth-order valence-electron chi connectivity index (χ4n) is 1.43. The molecule has 16 heavy (non-hydrogen) atoms. The third-order valence-electron chi connectivity index (χ3n) is 2.46. The number of nitrogen functional groups attached to an aromatic ring is 1. The monoisotopic (exact) mass is 225 g/mol. The van der Waals surface area contributed by atoms with Crippen LogP contribution in [0.5, 0.6) is 5.75 Å². The third-order valence-corrected chi connectivity index (χ3v) is 2.46. The second-order valence-electron chi connectivity index (χ2n) is 3.93.